The van der Waals surface area contributed by atoms with E-state index in [1.165, 1.54) is 77.2 Å². The molecule has 0 bridgehead atoms. The molecule has 0 aliphatic heterocycles. The van der Waals surface area contributed by atoms with Crippen molar-refractivity contribution in [1.82, 2.24) is 0 Å². The van der Waals surface area contributed by atoms with Crippen molar-refractivity contribution in [2.75, 3.05) is 0 Å². The van der Waals surface area contributed by atoms with Crippen molar-refractivity contribution in [2.24, 2.45) is 0 Å². The van der Waals surface area contributed by atoms with E-state index in [9.17, 15) is 0 Å². The molecule has 0 amide bonds. The molecule has 0 aliphatic rings. The van der Waals surface area contributed by atoms with Crippen LogP contribution in [0, 0.1) is 20.8 Å². The Kier molecular flexibility index (Phi) is 8.70. The standard InChI is InChI=1S/3C13H10S.As/c3*1-9-5-4-7-11-10-6-2-3-8-12(10)14-13(9)11;/h3*2-8H,1H3;. The van der Waals surface area contributed by atoms with E-state index in [0.717, 1.165) is 0 Å². The van der Waals surface area contributed by atoms with E-state index in [1.807, 2.05) is 34.0 Å². The summed E-state index contributed by atoms with van der Waals surface area (Å²) in [7, 11) is 0. The van der Waals surface area contributed by atoms with Gasteiger partial charge in [0.15, 0.2) is 0 Å². The number of hydrogen-bond acceptors (Lipinski definition) is 3. The van der Waals surface area contributed by atoms with Crippen LogP contribution in [0.4, 0.5) is 0 Å². The first-order valence-corrected chi connectivity index (χ1v) is 16.6. The quantitative estimate of drug-likeness (QED) is 0.141. The molecule has 0 aliphatic carbocycles. The molecule has 3 aromatic heterocycles. The van der Waals surface area contributed by atoms with E-state index in [0.29, 0.717) is 0 Å². The van der Waals surface area contributed by atoms with Gasteiger partial charge in [0.25, 0.3) is 0 Å². The van der Waals surface area contributed by atoms with E-state index in [-0.39, 0.29) is 18.0 Å². The minimum absolute atomic E-state index is 0. The molecule has 4 heteroatoms. The molecule has 0 spiro atoms. The molecule has 209 valence electrons. The van der Waals surface area contributed by atoms with Crippen LogP contribution in [0.15, 0.2) is 127 Å². The van der Waals surface area contributed by atoms with Gasteiger partial charge in [-0.1, -0.05) is 109 Å². The summed E-state index contributed by atoms with van der Waals surface area (Å²) in [6.45, 7) is 6.53. The van der Waals surface area contributed by atoms with Crippen LogP contribution < -0.4 is 0 Å². The summed E-state index contributed by atoms with van der Waals surface area (Å²) in [5.41, 5.74) is 4.14. The van der Waals surface area contributed by atoms with Crippen molar-refractivity contribution in [2.45, 2.75) is 20.8 Å². The first-order valence-electron chi connectivity index (χ1n) is 14.2. The van der Waals surface area contributed by atoms with E-state index in [4.69, 9.17) is 0 Å². The number of aryl methyl sites for hydroxylation is 3. The normalized spacial score (nSPS) is 11.0. The minimum Gasteiger partial charge on any atom is -0.135 e. The van der Waals surface area contributed by atoms with Crippen LogP contribution in [0.2, 0.25) is 0 Å². The smallest absolute Gasteiger partial charge is 0.0384 e. The minimum atomic E-state index is 0. The second-order valence-electron chi connectivity index (χ2n) is 10.6. The first kappa shape index (κ1) is 29.6. The van der Waals surface area contributed by atoms with E-state index >= 15 is 0 Å². The average molecular weight is 670 g/mol. The van der Waals surface area contributed by atoms with Gasteiger partial charge in [0.05, 0.1) is 0 Å². The molecule has 0 fully saturated rings. The zero-order valence-electron chi connectivity index (χ0n) is 24.3. The summed E-state index contributed by atoms with van der Waals surface area (Å²) in [6.07, 6.45) is 0. The van der Waals surface area contributed by atoms with Gasteiger partial charge in [0.1, 0.15) is 0 Å². The van der Waals surface area contributed by atoms with Crippen molar-refractivity contribution in [3.63, 3.8) is 0 Å². The Morgan fingerprint density at radius 1 is 0.302 bits per heavy atom. The Bertz CT molecular complexity index is 2090. The first-order chi connectivity index (χ1) is 20.6. The fraction of sp³-hybridized carbons (Fsp3) is 0.0769. The van der Waals surface area contributed by atoms with Gasteiger partial charge in [-0.25, -0.2) is 0 Å². The number of thiophene rings is 3. The van der Waals surface area contributed by atoms with Crippen LogP contribution in [-0.4, -0.2) is 18.0 Å². The van der Waals surface area contributed by atoms with Gasteiger partial charge < -0.3 is 0 Å². The van der Waals surface area contributed by atoms with Gasteiger partial charge in [-0.3, -0.25) is 0 Å². The van der Waals surface area contributed by atoms with E-state index < -0.39 is 0 Å². The SMILES string of the molecule is Cc1cccc2c1sc1ccccc12.Cc1cccc2c1sc1ccccc12.Cc1cccc2c1sc1ccccc12.[As]. The van der Waals surface area contributed by atoms with Crippen LogP contribution in [0.5, 0.6) is 0 Å². The van der Waals surface area contributed by atoms with Gasteiger partial charge in [0, 0.05) is 78.5 Å². The predicted molar refractivity (Wildman–Crippen MR) is 198 cm³/mol. The molecule has 0 saturated carbocycles. The molecule has 3 heterocycles. The fourth-order valence-electron chi connectivity index (χ4n) is 5.66. The van der Waals surface area contributed by atoms with Gasteiger partial charge in [0.2, 0.25) is 0 Å². The maximum Gasteiger partial charge on any atom is 0.0384 e. The number of hydrogen-bond donors (Lipinski definition) is 0. The third kappa shape index (κ3) is 5.64. The summed E-state index contributed by atoms with van der Waals surface area (Å²) in [4.78, 5) is 0. The zero-order chi connectivity index (χ0) is 28.6. The van der Waals surface area contributed by atoms with Crippen molar-refractivity contribution in [3.05, 3.63) is 144 Å². The van der Waals surface area contributed by atoms with Crippen molar-refractivity contribution in [3.8, 4) is 0 Å². The average Bonchev–Trinajstić information content (AvgIpc) is 3.72. The van der Waals surface area contributed by atoms with E-state index in [1.54, 1.807) is 0 Å². The molecule has 0 N–H and O–H groups in total. The Balaban J connectivity index is 0.000000113. The molecular weight excluding hydrogens is 640 g/mol. The summed E-state index contributed by atoms with van der Waals surface area (Å²) >= 11 is 5.66. The Hall–Kier alpha value is -3.46. The molecule has 0 saturated heterocycles. The van der Waals surface area contributed by atoms with Gasteiger partial charge in [-0.2, -0.15) is 0 Å². The predicted octanol–water partition coefficient (Wildman–Crippen LogP) is 12.7. The third-order valence-corrected chi connectivity index (χ3v) is 11.8. The molecule has 0 nitrogen and oxygen atoms in total. The van der Waals surface area contributed by atoms with Crippen molar-refractivity contribution >= 4 is 112 Å². The molecule has 6 aromatic carbocycles. The Morgan fingerprint density at radius 2 is 0.558 bits per heavy atom. The number of benzene rings is 6. The van der Waals surface area contributed by atoms with E-state index in [2.05, 4.69) is 148 Å². The number of fused-ring (bicyclic) bond motifs is 9. The third-order valence-electron chi connectivity index (χ3n) is 7.80. The topological polar surface area (TPSA) is 0 Å². The van der Waals surface area contributed by atoms with Crippen LogP contribution >= 0.6 is 34.0 Å². The molecule has 43 heavy (non-hydrogen) atoms. The Morgan fingerprint density at radius 3 is 0.860 bits per heavy atom. The fourth-order valence-corrected chi connectivity index (χ4v) is 9.18. The molecule has 9 aromatic rings. The second-order valence-corrected chi connectivity index (χ2v) is 13.8. The summed E-state index contributed by atoms with van der Waals surface area (Å²) in [5.74, 6) is 0. The molecular formula is C39H30AsS3. The Labute approximate surface area is 275 Å². The van der Waals surface area contributed by atoms with Gasteiger partial charge in [-0.15, -0.1) is 34.0 Å². The molecule has 0 unspecified atom stereocenters. The van der Waals surface area contributed by atoms with Crippen LogP contribution in [0.3, 0.4) is 0 Å². The van der Waals surface area contributed by atoms with Crippen molar-refractivity contribution < 1.29 is 0 Å². The summed E-state index contributed by atoms with van der Waals surface area (Å²) in [5, 5.41) is 8.34. The van der Waals surface area contributed by atoms with Crippen molar-refractivity contribution in [1.29, 1.82) is 0 Å². The number of rotatable bonds is 0. The van der Waals surface area contributed by atoms with Crippen LogP contribution in [0.25, 0.3) is 60.5 Å². The summed E-state index contributed by atoms with van der Waals surface area (Å²) in [6, 6.07) is 45.4. The molecule has 3 radical (unpaired) electrons. The van der Waals surface area contributed by atoms with Crippen LogP contribution in [0.1, 0.15) is 16.7 Å². The summed E-state index contributed by atoms with van der Waals surface area (Å²) < 4.78 is 8.43. The maximum atomic E-state index is 2.21. The zero-order valence-corrected chi connectivity index (χ0v) is 28.6. The molecule has 0 atom stereocenters. The monoisotopic (exact) mass is 669 g/mol. The van der Waals surface area contributed by atoms with Gasteiger partial charge in [-0.05, 0) is 55.7 Å². The molecule has 9 rings (SSSR count). The second kappa shape index (κ2) is 12.6. The van der Waals surface area contributed by atoms with Crippen LogP contribution in [-0.2, 0) is 0 Å². The maximum absolute atomic E-state index is 2.21. The largest absolute Gasteiger partial charge is 0.135 e. The van der Waals surface area contributed by atoms with Gasteiger partial charge >= 0.3 is 0 Å².